The summed E-state index contributed by atoms with van der Waals surface area (Å²) < 4.78 is 15.8. The second-order valence-electron chi connectivity index (χ2n) is 4.26. The van der Waals surface area contributed by atoms with Gasteiger partial charge in [-0.3, -0.25) is 0 Å². The van der Waals surface area contributed by atoms with Crippen LogP contribution in [0.1, 0.15) is 24.8 Å². The van der Waals surface area contributed by atoms with Gasteiger partial charge < -0.3 is 14.2 Å². The quantitative estimate of drug-likeness (QED) is 0.752. The van der Waals surface area contributed by atoms with E-state index in [0.29, 0.717) is 13.2 Å². The van der Waals surface area contributed by atoms with Crippen LogP contribution in [0.25, 0.3) is 0 Å². The fourth-order valence-corrected chi connectivity index (χ4v) is 1.81. The van der Waals surface area contributed by atoms with Crippen LogP contribution in [0.5, 0.6) is 0 Å². The van der Waals surface area contributed by atoms with Crippen molar-refractivity contribution in [3.63, 3.8) is 0 Å². The lowest BCUT2D eigenvalue weighted by Gasteiger charge is -2.22. The van der Waals surface area contributed by atoms with E-state index in [1.54, 1.807) is 0 Å². The van der Waals surface area contributed by atoms with Gasteiger partial charge in [0.2, 0.25) is 6.29 Å². The predicted molar refractivity (Wildman–Crippen MR) is 65.8 cm³/mol. The summed E-state index contributed by atoms with van der Waals surface area (Å²) in [4.78, 5) is 11.5. The molecule has 1 aliphatic rings. The molecule has 1 atom stereocenters. The average molecular weight is 250 g/mol. The molecule has 4 heteroatoms. The van der Waals surface area contributed by atoms with Crippen LogP contribution in [-0.2, 0) is 25.6 Å². The first kappa shape index (κ1) is 13.1. The molecule has 1 saturated heterocycles. The summed E-state index contributed by atoms with van der Waals surface area (Å²) in [6, 6.07) is 9.73. The lowest BCUT2D eigenvalue weighted by atomic mass is 10.2. The molecule has 1 aromatic carbocycles. The number of hydrogen-bond donors (Lipinski definition) is 0. The van der Waals surface area contributed by atoms with Crippen LogP contribution in [0.3, 0.4) is 0 Å². The molecule has 18 heavy (non-hydrogen) atoms. The van der Waals surface area contributed by atoms with E-state index < -0.39 is 0 Å². The predicted octanol–water partition coefficient (Wildman–Crippen LogP) is 2.27. The van der Waals surface area contributed by atoms with Crippen molar-refractivity contribution in [1.29, 1.82) is 0 Å². The highest BCUT2D eigenvalue weighted by Gasteiger charge is 2.17. The SMILES string of the molecule is O=C(COCc1ccccc1)OC1CCCCO1. The van der Waals surface area contributed by atoms with Gasteiger partial charge in [-0.25, -0.2) is 4.79 Å². The summed E-state index contributed by atoms with van der Waals surface area (Å²) in [6.45, 7) is 1.05. The smallest absolute Gasteiger partial charge is 0.334 e. The number of benzene rings is 1. The zero-order valence-electron chi connectivity index (χ0n) is 10.3. The Hall–Kier alpha value is -1.39. The molecule has 0 bridgehead atoms. The molecule has 4 nitrogen and oxygen atoms in total. The zero-order valence-corrected chi connectivity index (χ0v) is 10.3. The van der Waals surface area contributed by atoms with E-state index in [-0.39, 0.29) is 18.9 Å². The van der Waals surface area contributed by atoms with E-state index in [9.17, 15) is 4.79 Å². The number of carbonyl (C=O) groups is 1. The van der Waals surface area contributed by atoms with E-state index in [0.717, 1.165) is 24.8 Å². The summed E-state index contributed by atoms with van der Waals surface area (Å²) in [5.41, 5.74) is 1.04. The fourth-order valence-electron chi connectivity index (χ4n) is 1.81. The van der Waals surface area contributed by atoms with Crippen molar-refractivity contribution in [2.75, 3.05) is 13.2 Å². The van der Waals surface area contributed by atoms with Gasteiger partial charge in [0, 0.05) is 6.42 Å². The monoisotopic (exact) mass is 250 g/mol. The van der Waals surface area contributed by atoms with Crippen LogP contribution in [0, 0.1) is 0 Å². The molecule has 1 aliphatic heterocycles. The molecule has 1 fully saturated rings. The third-order valence-electron chi connectivity index (χ3n) is 2.73. The molecule has 0 spiro atoms. The highest BCUT2D eigenvalue weighted by atomic mass is 16.7. The Bertz CT molecular complexity index is 357. The average Bonchev–Trinajstić information content (AvgIpc) is 2.41. The van der Waals surface area contributed by atoms with Gasteiger partial charge in [0.1, 0.15) is 6.61 Å². The molecule has 0 N–H and O–H groups in total. The Morgan fingerprint density at radius 3 is 2.83 bits per heavy atom. The largest absolute Gasteiger partial charge is 0.434 e. The summed E-state index contributed by atoms with van der Waals surface area (Å²) >= 11 is 0. The number of hydrogen-bond acceptors (Lipinski definition) is 4. The Kier molecular flexibility index (Phi) is 5.17. The van der Waals surface area contributed by atoms with Crippen molar-refractivity contribution in [2.24, 2.45) is 0 Å². The second-order valence-corrected chi connectivity index (χ2v) is 4.26. The van der Waals surface area contributed by atoms with Crippen LogP contribution >= 0.6 is 0 Å². The Morgan fingerprint density at radius 2 is 2.11 bits per heavy atom. The van der Waals surface area contributed by atoms with Crippen molar-refractivity contribution in [2.45, 2.75) is 32.2 Å². The van der Waals surface area contributed by atoms with Gasteiger partial charge in [-0.15, -0.1) is 0 Å². The first-order valence-corrected chi connectivity index (χ1v) is 6.27. The molecular weight excluding hydrogens is 232 g/mol. The number of rotatable bonds is 5. The standard InChI is InChI=1S/C14H18O4/c15-13(18-14-8-4-5-9-17-14)11-16-10-12-6-2-1-3-7-12/h1-3,6-7,14H,4-5,8-11H2. The van der Waals surface area contributed by atoms with Crippen molar-refractivity contribution >= 4 is 5.97 Å². The number of ether oxygens (including phenoxy) is 3. The topological polar surface area (TPSA) is 44.8 Å². The normalized spacial score (nSPS) is 19.4. The summed E-state index contributed by atoms with van der Waals surface area (Å²) in [5.74, 6) is -0.363. The minimum absolute atomic E-state index is 0.0330. The van der Waals surface area contributed by atoms with E-state index in [1.165, 1.54) is 0 Å². The zero-order chi connectivity index (χ0) is 12.6. The van der Waals surface area contributed by atoms with Gasteiger partial charge in [-0.05, 0) is 18.4 Å². The molecule has 2 rings (SSSR count). The molecule has 0 aromatic heterocycles. The third-order valence-corrected chi connectivity index (χ3v) is 2.73. The van der Waals surface area contributed by atoms with Crippen LogP contribution in [-0.4, -0.2) is 25.5 Å². The fraction of sp³-hybridized carbons (Fsp3) is 0.500. The second kappa shape index (κ2) is 7.13. The minimum atomic E-state index is -0.383. The van der Waals surface area contributed by atoms with Gasteiger partial charge in [-0.1, -0.05) is 30.3 Å². The summed E-state index contributed by atoms with van der Waals surface area (Å²) in [7, 11) is 0. The van der Waals surface area contributed by atoms with Crippen LogP contribution in [0.15, 0.2) is 30.3 Å². The van der Waals surface area contributed by atoms with E-state index in [1.807, 2.05) is 30.3 Å². The Morgan fingerprint density at radius 1 is 1.28 bits per heavy atom. The highest BCUT2D eigenvalue weighted by molar-refractivity contribution is 5.70. The molecule has 0 saturated carbocycles. The highest BCUT2D eigenvalue weighted by Crippen LogP contribution is 2.13. The van der Waals surface area contributed by atoms with Gasteiger partial charge in [-0.2, -0.15) is 0 Å². The maximum atomic E-state index is 11.5. The lowest BCUT2D eigenvalue weighted by molar-refractivity contribution is -0.191. The van der Waals surface area contributed by atoms with Crippen molar-refractivity contribution in [3.8, 4) is 0 Å². The maximum absolute atomic E-state index is 11.5. The molecule has 0 aliphatic carbocycles. The van der Waals surface area contributed by atoms with E-state index in [2.05, 4.69) is 0 Å². The molecule has 1 heterocycles. The number of carbonyl (C=O) groups excluding carboxylic acids is 1. The Balaban J connectivity index is 1.62. The van der Waals surface area contributed by atoms with E-state index in [4.69, 9.17) is 14.2 Å². The van der Waals surface area contributed by atoms with Gasteiger partial charge in [0.15, 0.2) is 0 Å². The van der Waals surface area contributed by atoms with Crippen LogP contribution in [0.2, 0.25) is 0 Å². The third kappa shape index (κ3) is 4.47. The molecule has 1 unspecified atom stereocenters. The van der Waals surface area contributed by atoms with Crippen molar-refractivity contribution in [1.82, 2.24) is 0 Å². The summed E-state index contributed by atoms with van der Waals surface area (Å²) in [6.07, 6.45) is 2.48. The summed E-state index contributed by atoms with van der Waals surface area (Å²) in [5, 5.41) is 0. The van der Waals surface area contributed by atoms with Crippen LogP contribution < -0.4 is 0 Å². The maximum Gasteiger partial charge on any atom is 0.334 e. The van der Waals surface area contributed by atoms with Gasteiger partial charge in [0.25, 0.3) is 0 Å². The minimum Gasteiger partial charge on any atom is -0.434 e. The van der Waals surface area contributed by atoms with Gasteiger partial charge in [0.05, 0.1) is 13.2 Å². The number of esters is 1. The van der Waals surface area contributed by atoms with E-state index >= 15 is 0 Å². The molecule has 0 amide bonds. The molecule has 98 valence electrons. The Labute approximate surface area is 107 Å². The van der Waals surface area contributed by atoms with Crippen molar-refractivity contribution < 1.29 is 19.0 Å². The first-order valence-electron chi connectivity index (χ1n) is 6.27. The van der Waals surface area contributed by atoms with Crippen LogP contribution in [0.4, 0.5) is 0 Å². The molecule has 1 aromatic rings. The lowest BCUT2D eigenvalue weighted by Crippen LogP contribution is -2.27. The molecular formula is C14H18O4. The first-order chi connectivity index (χ1) is 8.84. The van der Waals surface area contributed by atoms with Gasteiger partial charge >= 0.3 is 5.97 Å². The van der Waals surface area contributed by atoms with Crippen molar-refractivity contribution in [3.05, 3.63) is 35.9 Å². The molecule has 0 radical (unpaired) electrons.